The lowest BCUT2D eigenvalue weighted by atomic mass is 10.3. The van der Waals surface area contributed by atoms with E-state index in [0.29, 0.717) is 39.0 Å². The molecule has 6 heteroatoms. The summed E-state index contributed by atoms with van der Waals surface area (Å²) >= 11 is 0. The highest BCUT2D eigenvalue weighted by Gasteiger charge is 2.07. The van der Waals surface area contributed by atoms with Crippen LogP contribution in [0.2, 0.25) is 0 Å². The van der Waals surface area contributed by atoms with Crippen LogP contribution in [0, 0.1) is 11.3 Å². The molecule has 0 aliphatic carbocycles. The van der Waals surface area contributed by atoms with Crippen molar-refractivity contribution in [2.75, 3.05) is 33.3 Å². The smallest absolute Gasteiger partial charge is 0.305 e. The maximum atomic E-state index is 11.5. The van der Waals surface area contributed by atoms with Crippen LogP contribution in [-0.2, 0) is 14.3 Å². The lowest BCUT2D eigenvalue weighted by Gasteiger charge is -2.15. The SMILES string of the molecule is CCOC(=O)CCCNCC(=O)N(C)CCC#N. The van der Waals surface area contributed by atoms with E-state index in [0.717, 1.165) is 0 Å². The molecule has 0 aliphatic rings. The van der Waals surface area contributed by atoms with E-state index in [4.69, 9.17) is 10.00 Å². The molecular weight excluding hydrogens is 234 g/mol. The molecule has 1 amide bonds. The number of hydrogen-bond acceptors (Lipinski definition) is 5. The summed E-state index contributed by atoms with van der Waals surface area (Å²) < 4.78 is 4.78. The van der Waals surface area contributed by atoms with Gasteiger partial charge in [0.1, 0.15) is 0 Å². The molecule has 1 N–H and O–H groups in total. The second-order valence-electron chi connectivity index (χ2n) is 3.81. The second-order valence-corrected chi connectivity index (χ2v) is 3.81. The molecule has 0 spiro atoms. The van der Waals surface area contributed by atoms with Gasteiger partial charge in [0.15, 0.2) is 0 Å². The second kappa shape index (κ2) is 10.5. The Morgan fingerprint density at radius 2 is 2.17 bits per heavy atom. The maximum absolute atomic E-state index is 11.5. The van der Waals surface area contributed by atoms with Gasteiger partial charge >= 0.3 is 5.97 Å². The quantitative estimate of drug-likeness (QED) is 0.473. The van der Waals surface area contributed by atoms with E-state index >= 15 is 0 Å². The summed E-state index contributed by atoms with van der Waals surface area (Å²) in [6, 6.07) is 1.99. The summed E-state index contributed by atoms with van der Waals surface area (Å²) in [7, 11) is 1.67. The zero-order valence-corrected chi connectivity index (χ0v) is 11.1. The van der Waals surface area contributed by atoms with E-state index in [2.05, 4.69) is 5.32 Å². The Morgan fingerprint density at radius 1 is 1.44 bits per heavy atom. The number of esters is 1. The highest BCUT2D eigenvalue weighted by molar-refractivity contribution is 5.77. The molecule has 0 heterocycles. The topological polar surface area (TPSA) is 82.4 Å². The van der Waals surface area contributed by atoms with Gasteiger partial charge in [-0.1, -0.05) is 0 Å². The van der Waals surface area contributed by atoms with Gasteiger partial charge in [-0.15, -0.1) is 0 Å². The normalized spacial score (nSPS) is 9.61. The van der Waals surface area contributed by atoms with E-state index in [1.54, 1.807) is 14.0 Å². The van der Waals surface area contributed by atoms with Crippen molar-refractivity contribution in [2.45, 2.75) is 26.2 Å². The minimum atomic E-state index is -0.211. The van der Waals surface area contributed by atoms with Crippen molar-refractivity contribution in [3.63, 3.8) is 0 Å². The molecule has 0 unspecified atom stereocenters. The van der Waals surface area contributed by atoms with Crippen molar-refractivity contribution in [1.82, 2.24) is 10.2 Å². The van der Waals surface area contributed by atoms with Crippen LogP contribution in [-0.4, -0.2) is 50.1 Å². The Bertz CT molecular complexity index is 299. The number of likely N-dealkylation sites (N-methyl/N-ethyl adjacent to an activating group) is 1. The first-order valence-corrected chi connectivity index (χ1v) is 6.09. The molecule has 6 nitrogen and oxygen atoms in total. The fraction of sp³-hybridized carbons (Fsp3) is 0.750. The zero-order chi connectivity index (χ0) is 13.8. The Morgan fingerprint density at radius 3 is 2.78 bits per heavy atom. The molecule has 0 saturated carbocycles. The van der Waals surface area contributed by atoms with Gasteiger partial charge in [-0.3, -0.25) is 9.59 Å². The number of hydrogen-bond donors (Lipinski definition) is 1. The number of carbonyl (C=O) groups excluding carboxylic acids is 2. The minimum absolute atomic E-state index is 0.0543. The molecule has 0 aromatic carbocycles. The van der Waals surface area contributed by atoms with Crippen LogP contribution in [0.1, 0.15) is 26.2 Å². The van der Waals surface area contributed by atoms with Crippen LogP contribution in [0.25, 0.3) is 0 Å². The standard InChI is InChI=1S/C12H21N3O3/c1-3-18-12(17)6-4-8-14-10-11(16)15(2)9-5-7-13/h14H,3-6,8-10H2,1-2H3. The van der Waals surface area contributed by atoms with Crippen molar-refractivity contribution in [2.24, 2.45) is 0 Å². The highest BCUT2D eigenvalue weighted by atomic mass is 16.5. The first kappa shape index (κ1) is 16.4. The van der Waals surface area contributed by atoms with Gasteiger partial charge < -0.3 is 15.0 Å². The van der Waals surface area contributed by atoms with E-state index in [9.17, 15) is 9.59 Å². The van der Waals surface area contributed by atoms with E-state index in [1.807, 2.05) is 6.07 Å². The number of amides is 1. The van der Waals surface area contributed by atoms with Gasteiger partial charge in [-0.25, -0.2) is 0 Å². The summed E-state index contributed by atoms with van der Waals surface area (Å²) in [4.78, 5) is 24.0. The molecule has 0 aromatic heterocycles. The Hall–Kier alpha value is -1.61. The van der Waals surface area contributed by atoms with Crippen molar-refractivity contribution < 1.29 is 14.3 Å². The first-order chi connectivity index (χ1) is 8.61. The molecule has 0 fully saturated rings. The number of ether oxygens (including phenoxy) is 1. The van der Waals surface area contributed by atoms with Crippen LogP contribution in [0.4, 0.5) is 0 Å². The largest absolute Gasteiger partial charge is 0.466 e. The number of rotatable bonds is 9. The third kappa shape index (κ3) is 8.53. The third-order valence-corrected chi connectivity index (χ3v) is 2.30. The van der Waals surface area contributed by atoms with Gasteiger partial charge in [0.25, 0.3) is 0 Å². The fourth-order valence-corrected chi connectivity index (χ4v) is 1.26. The zero-order valence-electron chi connectivity index (χ0n) is 11.1. The molecule has 0 atom stereocenters. The van der Waals surface area contributed by atoms with Crippen LogP contribution in [0.3, 0.4) is 0 Å². The van der Waals surface area contributed by atoms with Crippen LogP contribution < -0.4 is 5.32 Å². The summed E-state index contributed by atoms with van der Waals surface area (Å²) in [5, 5.41) is 11.3. The molecule has 102 valence electrons. The number of carbonyl (C=O) groups is 2. The van der Waals surface area contributed by atoms with Gasteiger partial charge in [-0.2, -0.15) is 5.26 Å². The maximum Gasteiger partial charge on any atom is 0.305 e. The summed E-state index contributed by atoms with van der Waals surface area (Å²) in [6.07, 6.45) is 1.35. The van der Waals surface area contributed by atoms with Crippen molar-refractivity contribution in [1.29, 1.82) is 5.26 Å². The first-order valence-electron chi connectivity index (χ1n) is 6.09. The lowest BCUT2D eigenvalue weighted by Crippen LogP contribution is -2.36. The molecule has 0 bridgehead atoms. The Labute approximate surface area is 108 Å². The predicted molar refractivity (Wildman–Crippen MR) is 66.6 cm³/mol. The molecular formula is C12H21N3O3. The van der Waals surface area contributed by atoms with Crippen LogP contribution >= 0.6 is 0 Å². The van der Waals surface area contributed by atoms with E-state index in [-0.39, 0.29) is 18.4 Å². The fourth-order valence-electron chi connectivity index (χ4n) is 1.26. The average molecular weight is 255 g/mol. The van der Waals surface area contributed by atoms with E-state index in [1.165, 1.54) is 4.90 Å². The Kier molecular flexibility index (Phi) is 9.60. The van der Waals surface area contributed by atoms with E-state index < -0.39 is 0 Å². The molecule has 18 heavy (non-hydrogen) atoms. The summed E-state index contributed by atoms with van der Waals surface area (Å²) in [5.41, 5.74) is 0. The predicted octanol–water partition coefficient (Wildman–Crippen LogP) is 0.291. The number of nitriles is 1. The highest BCUT2D eigenvalue weighted by Crippen LogP contribution is 1.92. The number of nitrogens with zero attached hydrogens (tertiary/aromatic N) is 2. The monoisotopic (exact) mass is 255 g/mol. The van der Waals surface area contributed by atoms with Crippen LogP contribution in [0.5, 0.6) is 0 Å². The van der Waals surface area contributed by atoms with Gasteiger partial charge in [0.2, 0.25) is 5.91 Å². The summed E-state index contributed by atoms with van der Waals surface area (Å²) in [5.74, 6) is -0.266. The molecule has 0 radical (unpaired) electrons. The number of nitrogens with one attached hydrogen (secondary N) is 1. The third-order valence-electron chi connectivity index (χ3n) is 2.30. The molecule has 0 saturated heterocycles. The van der Waals surface area contributed by atoms with Crippen molar-refractivity contribution >= 4 is 11.9 Å². The Balaban J connectivity index is 3.51. The lowest BCUT2D eigenvalue weighted by molar-refractivity contribution is -0.143. The van der Waals surface area contributed by atoms with Gasteiger partial charge in [0, 0.05) is 20.0 Å². The average Bonchev–Trinajstić information content (AvgIpc) is 2.35. The molecule has 0 aliphatic heterocycles. The van der Waals surface area contributed by atoms with Crippen molar-refractivity contribution in [3.8, 4) is 6.07 Å². The molecule has 0 rings (SSSR count). The molecule has 0 aromatic rings. The van der Waals surface area contributed by atoms with Crippen LogP contribution in [0.15, 0.2) is 0 Å². The van der Waals surface area contributed by atoms with Gasteiger partial charge in [0.05, 0.1) is 25.6 Å². The van der Waals surface area contributed by atoms with Gasteiger partial charge in [-0.05, 0) is 19.9 Å². The summed E-state index contributed by atoms with van der Waals surface area (Å²) in [6.45, 7) is 3.43. The van der Waals surface area contributed by atoms with Crippen molar-refractivity contribution in [3.05, 3.63) is 0 Å². The minimum Gasteiger partial charge on any atom is -0.466 e.